The van der Waals surface area contributed by atoms with Crippen molar-refractivity contribution in [3.8, 4) is 0 Å². The number of nitrogens with two attached hydrogens (primary N) is 1. The highest BCUT2D eigenvalue weighted by atomic mass is 19.1. The van der Waals surface area contributed by atoms with E-state index in [1.807, 2.05) is 0 Å². The summed E-state index contributed by atoms with van der Waals surface area (Å²) in [4.78, 5) is 3.14. The molecule has 3 heteroatoms. The summed E-state index contributed by atoms with van der Waals surface area (Å²) in [5, 5.41) is 0. The Balaban J connectivity index is 3.31. The Morgan fingerprint density at radius 1 is 1.88 bits per heavy atom. The van der Waals surface area contributed by atoms with E-state index in [4.69, 9.17) is 8.48 Å². The van der Waals surface area contributed by atoms with Gasteiger partial charge in [-0.15, -0.1) is 0 Å². The van der Waals surface area contributed by atoms with Crippen LogP contribution in [0.25, 0.3) is 0 Å². The largest absolute Gasteiger partial charge is 0.384 e. The summed E-state index contributed by atoms with van der Waals surface area (Å²) in [7, 11) is 0. The molecule has 0 aliphatic rings. The molecule has 0 saturated heterocycles. The minimum Gasteiger partial charge on any atom is -0.384 e. The summed E-state index contributed by atoms with van der Waals surface area (Å²) >= 11 is 0. The molecule has 2 nitrogen and oxygen atoms in total. The van der Waals surface area contributed by atoms with Crippen LogP contribution >= 0.6 is 0 Å². The van der Waals surface area contributed by atoms with Crippen LogP contribution < -0.4 is 5.73 Å². The molecule has 0 unspecified atom stereocenters. The second-order valence-corrected chi connectivity index (χ2v) is 1.23. The van der Waals surface area contributed by atoms with Crippen molar-refractivity contribution < 1.29 is 7.13 Å². The van der Waals surface area contributed by atoms with E-state index in [-0.39, 0.29) is 17.9 Å². The Bertz CT molecular complexity index is 241. The molecule has 8 heavy (non-hydrogen) atoms. The molecule has 0 aliphatic carbocycles. The van der Waals surface area contributed by atoms with Crippen LogP contribution in [0.3, 0.4) is 0 Å². The van der Waals surface area contributed by atoms with E-state index in [2.05, 4.69) is 4.98 Å². The first kappa shape index (κ1) is 3.02. The summed E-state index contributed by atoms with van der Waals surface area (Å²) in [6.07, 6.45) is 0. The van der Waals surface area contributed by atoms with Crippen LogP contribution in [0.5, 0.6) is 0 Å². The molecule has 2 N–H and O–H groups in total. The third kappa shape index (κ3) is 0.932. The highest BCUT2D eigenvalue weighted by molar-refractivity contribution is 5.25. The molecule has 1 aromatic rings. The average molecular weight is 114 g/mol. The standard InChI is InChI=1S/C5H5FN2/c6-4-2-1-3-5(7)8-4/h1-3H,(H2,7,8)/i1D,3D. The average Bonchev–Trinajstić information content (AvgIpc) is 1.82. The van der Waals surface area contributed by atoms with Crippen molar-refractivity contribution >= 4 is 5.82 Å². The lowest BCUT2D eigenvalue weighted by Gasteiger charge is -1.87. The van der Waals surface area contributed by atoms with Crippen LogP contribution in [0.15, 0.2) is 18.2 Å². The number of anilines is 1. The van der Waals surface area contributed by atoms with E-state index >= 15 is 0 Å². The number of aromatic nitrogens is 1. The molecule has 0 radical (unpaired) electrons. The summed E-state index contributed by atoms with van der Waals surface area (Å²) in [6.45, 7) is 0. The summed E-state index contributed by atoms with van der Waals surface area (Å²) in [5.74, 6) is -1.07. The second kappa shape index (κ2) is 1.78. The van der Waals surface area contributed by atoms with Crippen LogP contribution in [0, 0.1) is 5.95 Å². The molecule has 0 spiro atoms. The van der Waals surface area contributed by atoms with Crippen molar-refractivity contribution in [2.24, 2.45) is 0 Å². The predicted octanol–water partition coefficient (Wildman–Crippen LogP) is 0.803. The lowest BCUT2D eigenvalue weighted by Crippen LogP contribution is -1.90. The molecule has 1 aromatic heterocycles. The molecule has 0 saturated carbocycles. The summed E-state index contributed by atoms with van der Waals surface area (Å²) in [5.41, 5.74) is 5.06. The molecule has 0 aromatic carbocycles. The van der Waals surface area contributed by atoms with Crippen molar-refractivity contribution in [3.05, 3.63) is 24.1 Å². The Morgan fingerprint density at radius 3 is 3.25 bits per heavy atom. The van der Waals surface area contributed by atoms with Crippen molar-refractivity contribution in [1.82, 2.24) is 4.98 Å². The molecule has 0 aliphatic heterocycles. The fourth-order valence-corrected chi connectivity index (χ4v) is 0.345. The highest BCUT2D eigenvalue weighted by Crippen LogP contribution is 1.96. The van der Waals surface area contributed by atoms with Crippen molar-refractivity contribution in [1.29, 1.82) is 0 Å². The third-order valence-electron chi connectivity index (χ3n) is 0.619. The Morgan fingerprint density at radius 2 is 2.62 bits per heavy atom. The van der Waals surface area contributed by atoms with Crippen LogP contribution in [-0.4, -0.2) is 4.98 Å². The Hall–Kier alpha value is -1.12. The number of hydrogen-bond donors (Lipinski definition) is 1. The van der Waals surface area contributed by atoms with Gasteiger partial charge in [0.15, 0.2) is 0 Å². The Labute approximate surface area is 49.0 Å². The molecule has 42 valence electrons. The lowest BCUT2D eigenvalue weighted by atomic mass is 10.5. The van der Waals surface area contributed by atoms with E-state index in [1.54, 1.807) is 0 Å². The minimum atomic E-state index is -0.821. The number of rotatable bonds is 0. The van der Waals surface area contributed by atoms with E-state index in [9.17, 15) is 4.39 Å². The van der Waals surface area contributed by atoms with Gasteiger partial charge in [0.25, 0.3) is 0 Å². The predicted molar refractivity (Wildman–Crippen MR) is 28.6 cm³/mol. The zero-order chi connectivity index (χ0) is 7.72. The van der Waals surface area contributed by atoms with Gasteiger partial charge in [0.2, 0.25) is 5.95 Å². The first-order valence-electron chi connectivity index (χ1n) is 3.00. The smallest absolute Gasteiger partial charge is 0.214 e. The first-order chi connectivity index (χ1) is 4.61. The normalized spacial score (nSPS) is 12.6. The fraction of sp³-hybridized carbons (Fsp3) is 0. The lowest BCUT2D eigenvalue weighted by molar-refractivity contribution is 0.586. The molecule has 1 heterocycles. The summed E-state index contributed by atoms with van der Waals surface area (Å²) < 4.78 is 26.2. The maximum atomic E-state index is 12.2. The molecular formula is C5H5FN2. The van der Waals surface area contributed by atoms with E-state index < -0.39 is 5.95 Å². The van der Waals surface area contributed by atoms with Crippen LogP contribution in [0.4, 0.5) is 10.2 Å². The van der Waals surface area contributed by atoms with Gasteiger partial charge in [0.05, 0.1) is 2.74 Å². The molecule has 1 rings (SSSR count). The molecule has 0 fully saturated rings. The number of halogens is 1. The number of hydrogen-bond acceptors (Lipinski definition) is 2. The van der Waals surface area contributed by atoms with Gasteiger partial charge in [-0.05, 0) is 12.1 Å². The zero-order valence-corrected chi connectivity index (χ0v) is 3.98. The quantitative estimate of drug-likeness (QED) is 0.507. The van der Waals surface area contributed by atoms with Crippen molar-refractivity contribution in [2.75, 3.05) is 5.73 Å². The van der Waals surface area contributed by atoms with Gasteiger partial charge >= 0.3 is 0 Å². The van der Waals surface area contributed by atoms with Crippen molar-refractivity contribution in [2.45, 2.75) is 0 Å². The Kier molecular flexibility index (Phi) is 0.670. The van der Waals surface area contributed by atoms with Gasteiger partial charge < -0.3 is 5.73 Å². The van der Waals surface area contributed by atoms with Crippen LogP contribution in [0.2, 0.25) is 0 Å². The molecule has 0 amide bonds. The fourth-order valence-electron chi connectivity index (χ4n) is 0.345. The van der Waals surface area contributed by atoms with E-state index in [0.717, 1.165) is 6.07 Å². The summed E-state index contributed by atoms with van der Waals surface area (Å²) in [6, 6.07) is 0.366. The second-order valence-electron chi connectivity index (χ2n) is 1.23. The van der Waals surface area contributed by atoms with Crippen LogP contribution in [0.1, 0.15) is 2.74 Å². The number of nitrogen functional groups attached to an aromatic ring is 1. The van der Waals surface area contributed by atoms with Gasteiger partial charge in [0.1, 0.15) is 5.82 Å². The molecular weight excluding hydrogens is 107 g/mol. The zero-order valence-electron chi connectivity index (χ0n) is 5.98. The third-order valence-corrected chi connectivity index (χ3v) is 0.619. The minimum absolute atomic E-state index is 0.235. The highest BCUT2D eigenvalue weighted by Gasteiger charge is 1.86. The molecule has 0 bridgehead atoms. The van der Waals surface area contributed by atoms with Crippen molar-refractivity contribution in [3.63, 3.8) is 0 Å². The maximum absolute atomic E-state index is 12.2. The van der Waals surface area contributed by atoms with Gasteiger partial charge in [-0.25, -0.2) is 4.98 Å². The topological polar surface area (TPSA) is 38.9 Å². The number of nitrogens with zero attached hydrogens (tertiary/aromatic N) is 1. The van der Waals surface area contributed by atoms with Gasteiger partial charge in [-0.3, -0.25) is 0 Å². The van der Waals surface area contributed by atoms with Crippen LogP contribution in [-0.2, 0) is 0 Å². The van der Waals surface area contributed by atoms with E-state index in [1.165, 1.54) is 0 Å². The van der Waals surface area contributed by atoms with Gasteiger partial charge in [-0.2, -0.15) is 4.39 Å². The van der Waals surface area contributed by atoms with Gasteiger partial charge in [-0.1, -0.05) is 6.04 Å². The maximum Gasteiger partial charge on any atom is 0.214 e. The van der Waals surface area contributed by atoms with E-state index in [0.29, 0.717) is 0 Å². The molecule has 0 atom stereocenters. The number of pyridine rings is 1. The monoisotopic (exact) mass is 114 g/mol. The SMILES string of the molecule is [2H]c1cc(F)nc(N)c1[2H]. The first-order valence-corrected chi connectivity index (χ1v) is 2.00. The van der Waals surface area contributed by atoms with Gasteiger partial charge in [0, 0.05) is 0 Å².